The van der Waals surface area contributed by atoms with Crippen molar-refractivity contribution in [1.82, 2.24) is 0 Å². The third-order valence-corrected chi connectivity index (χ3v) is 3.51. The number of halogens is 2. The van der Waals surface area contributed by atoms with Gasteiger partial charge in [0.25, 0.3) is 0 Å². The Morgan fingerprint density at radius 2 is 0.962 bits per heavy atom. The fraction of sp³-hybridized carbons (Fsp3) is 0.545. The van der Waals surface area contributed by atoms with E-state index >= 15 is 0 Å². The summed E-state index contributed by atoms with van der Waals surface area (Å²) in [6, 6.07) is 0. The van der Waals surface area contributed by atoms with Crippen LogP contribution < -0.4 is 0 Å². The molecule has 0 spiro atoms. The summed E-state index contributed by atoms with van der Waals surface area (Å²) in [6.45, 7) is 17.7. The van der Waals surface area contributed by atoms with E-state index in [-0.39, 0.29) is 50.5 Å². The fourth-order valence-electron chi connectivity index (χ4n) is 2.13. The van der Waals surface area contributed by atoms with E-state index in [1.165, 1.54) is 22.3 Å². The maximum atomic E-state index is 3.37. The first-order valence-corrected chi connectivity index (χ1v) is 11.9. The van der Waals surface area contributed by atoms with Crippen molar-refractivity contribution in [1.29, 1.82) is 0 Å². The van der Waals surface area contributed by atoms with Crippen LogP contribution in [0.5, 0.6) is 0 Å². The van der Waals surface area contributed by atoms with Crippen molar-refractivity contribution < 1.29 is 19.2 Å². The van der Waals surface area contributed by atoms with Gasteiger partial charge in [-0.25, -0.2) is 23.3 Å². The summed E-state index contributed by atoms with van der Waals surface area (Å²) in [4.78, 5) is 0. The van der Waals surface area contributed by atoms with Crippen molar-refractivity contribution in [2.45, 2.75) is 68.2 Å². The van der Waals surface area contributed by atoms with Crippen LogP contribution in [-0.4, -0.2) is 7.63 Å². The van der Waals surface area contributed by atoms with E-state index in [2.05, 4.69) is 79.7 Å². The van der Waals surface area contributed by atoms with E-state index in [1.54, 1.807) is 0 Å². The second-order valence-corrected chi connectivity index (χ2v) is 8.02. The van der Waals surface area contributed by atoms with Gasteiger partial charge in [-0.1, -0.05) is 55.4 Å². The molecule has 154 valence electrons. The Labute approximate surface area is 191 Å². The molecule has 0 N–H and O–H groups in total. The SMILES string of the molecule is CC1=CC(C(C)(C)C)=[C-]C1.CC1=CC(C(C)(C)C)=[C-]C1.Cl.Cl.[CH3-].[CH3-].[SiH2]=[Ti]. The van der Waals surface area contributed by atoms with Gasteiger partial charge < -0.3 is 14.9 Å². The fourth-order valence-corrected chi connectivity index (χ4v) is 2.13. The molecule has 0 heterocycles. The van der Waals surface area contributed by atoms with Crippen LogP contribution >= 0.6 is 24.8 Å². The zero-order valence-electron chi connectivity index (χ0n) is 18.6. The van der Waals surface area contributed by atoms with Gasteiger partial charge in [-0.05, 0) is 10.8 Å². The van der Waals surface area contributed by atoms with Crippen LogP contribution in [0.2, 0.25) is 0 Å². The third kappa shape index (κ3) is 14.5. The zero-order valence-corrected chi connectivity index (χ0v) is 23.2. The summed E-state index contributed by atoms with van der Waals surface area (Å²) in [5.41, 5.74) is 6.18. The molecule has 0 amide bonds. The molecule has 2 rings (SSSR count). The normalized spacial score (nSPS) is 14.6. The molecule has 0 bridgehead atoms. The van der Waals surface area contributed by atoms with Crippen LogP contribution in [0.15, 0.2) is 34.4 Å². The van der Waals surface area contributed by atoms with Crippen molar-refractivity contribution >= 4 is 32.4 Å². The van der Waals surface area contributed by atoms with Gasteiger partial charge >= 0.3 is 26.8 Å². The van der Waals surface area contributed by atoms with Crippen LogP contribution in [0.1, 0.15) is 68.2 Å². The minimum absolute atomic E-state index is 0. The molecule has 0 aliphatic heterocycles. The molecular weight excluding hydrogens is 411 g/mol. The molecule has 0 fully saturated rings. The number of hydrogen-bond donors (Lipinski definition) is 0. The summed E-state index contributed by atoms with van der Waals surface area (Å²) in [6.07, 6.45) is 13.3. The third-order valence-electron chi connectivity index (χ3n) is 3.51. The molecule has 26 heavy (non-hydrogen) atoms. The molecule has 2 aliphatic rings. The van der Waals surface area contributed by atoms with Crippen molar-refractivity contribution in [3.63, 3.8) is 0 Å². The standard InChI is InChI=1S/2C10H15.2CH3.2ClH.H2Si.Ti/c2*1-8-5-6-9(7-8)10(2,3)4;;;;;;/h2*7H,5H2,1-4H3;2*1H3;2*1H;1H2;/q4*-1;;;;. The topological polar surface area (TPSA) is 0 Å². The molecule has 0 saturated heterocycles. The number of rotatable bonds is 0. The van der Waals surface area contributed by atoms with E-state index in [9.17, 15) is 0 Å². The summed E-state index contributed by atoms with van der Waals surface area (Å²) >= 11 is 2.03. The molecule has 0 saturated carbocycles. The van der Waals surface area contributed by atoms with Gasteiger partial charge in [-0.2, -0.15) is 11.1 Å². The molecule has 0 unspecified atom stereocenters. The molecule has 0 atom stereocenters. The average Bonchev–Trinajstić information content (AvgIpc) is 3.00. The minimum atomic E-state index is 0. The van der Waals surface area contributed by atoms with Crippen LogP contribution in [0.25, 0.3) is 0 Å². The van der Waals surface area contributed by atoms with Gasteiger partial charge in [0.1, 0.15) is 0 Å². The average molecular weight is 451 g/mol. The van der Waals surface area contributed by atoms with Gasteiger partial charge in [0.15, 0.2) is 0 Å². The van der Waals surface area contributed by atoms with E-state index in [0.29, 0.717) is 0 Å². The van der Waals surface area contributed by atoms with Crippen molar-refractivity contribution in [3.8, 4) is 0 Å². The van der Waals surface area contributed by atoms with Gasteiger partial charge in [-0.3, -0.25) is 12.2 Å². The molecule has 0 aromatic carbocycles. The van der Waals surface area contributed by atoms with Crippen LogP contribution in [-0.2, 0) is 19.2 Å². The summed E-state index contributed by atoms with van der Waals surface area (Å²) in [5, 5.41) is 0. The van der Waals surface area contributed by atoms with Crippen LogP contribution in [0, 0.1) is 37.8 Å². The van der Waals surface area contributed by atoms with E-state index in [4.69, 9.17) is 0 Å². The second kappa shape index (κ2) is 16.4. The Hall–Kier alpha value is 0.471. The summed E-state index contributed by atoms with van der Waals surface area (Å²) in [7, 11) is 1.86. The number of allylic oxidation sites excluding steroid dienone is 8. The Morgan fingerprint density at radius 1 is 0.731 bits per heavy atom. The van der Waals surface area contributed by atoms with Crippen LogP contribution in [0.3, 0.4) is 0 Å². The Morgan fingerprint density at radius 3 is 1.04 bits per heavy atom. The van der Waals surface area contributed by atoms with Crippen LogP contribution in [0.4, 0.5) is 0 Å². The Bertz CT molecular complexity index is 455. The molecule has 0 radical (unpaired) electrons. The quantitative estimate of drug-likeness (QED) is 0.274. The van der Waals surface area contributed by atoms with Crippen molar-refractivity contribution in [2.24, 2.45) is 10.8 Å². The van der Waals surface area contributed by atoms with Gasteiger partial charge in [0.2, 0.25) is 0 Å². The number of hydrogen-bond acceptors (Lipinski definition) is 0. The van der Waals surface area contributed by atoms with Gasteiger partial charge in [0.05, 0.1) is 0 Å². The molecule has 2 aliphatic carbocycles. The molecule has 0 nitrogen and oxygen atoms in total. The van der Waals surface area contributed by atoms with E-state index < -0.39 is 0 Å². The first kappa shape index (κ1) is 37.3. The van der Waals surface area contributed by atoms with Crippen molar-refractivity contribution in [2.75, 3.05) is 0 Å². The first-order chi connectivity index (χ1) is 10.00. The Balaban J connectivity index is -0.0000000904. The second-order valence-electron chi connectivity index (χ2n) is 8.02. The molecular formula is C22H40Cl2SiTi-4. The zero-order chi connectivity index (χ0) is 17.6. The summed E-state index contributed by atoms with van der Waals surface area (Å²) < 4.78 is 0. The predicted octanol–water partition coefficient (Wildman–Crippen LogP) is 7.05. The monoisotopic (exact) mass is 450 g/mol. The first-order valence-electron chi connectivity index (χ1n) is 7.92. The van der Waals surface area contributed by atoms with E-state index in [1.807, 2.05) is 26.8 Å². The van der Waals surface area contributed by atoms with Gasteiger partial charge in [-0.15, -0.1) is 37.7 Å². The molecule has 0 aromatic rings. The van der Waals surface area contributed by atoms with Gasteiger partial charge in [0, 0.05) is 0 Å². The molecule has 0 aromatic heterocycles. The predicted molar refractivity (Wildman–Crippen MR) is 125 cm³/mol. The maximum absolute atomic E-state index is 3.37. The summed E-state index contributed by atoms with van der Waals surface area (Å²) in [5.74, 6) is 0. The molecule has 4 heteroatoms. The van der Waals surface area contributed by atoms with E-state index in [0.717, 1.165) is 12.8 Å². The van der Waals surface area contributed by atoms with Crippen molar-refractivity contribution in [3.05, 3.63) is 61.4 Å². The Kier molecular flexibility index (Phi) is 23.5.